The Hall–Kier alpha value is -2.19. The van der Waals surface area contributed by atoms with Gasteiger partial charge in [-0.1, -0.05) is 37.3 Å². The molecular formula is C20H30N6OS. The molecule has 8 heteroatoms. The van der Waals surface area contributed by atoms with E-state index in [1.54, 1.807) is 0 Å². The van der Waals surface area contributed by atoms with Crippen LogP contribution in [0, 0.1) is 0 Å². The first-order chi connectivity index (χ1) is 13.8. The second kappa shape index (κ2) is 11.0. The summed E-state index contributed by atoms with van der Waals surface area (Å²) in [7, 11) is 0. The van der Waals surface area contributed by atoms with E-state index in [2.05, 4.69) is 50.5 Å². The van der Waals surface area contributed by atoms with Crippen LogP contribution < -0.4 is 10.2 Å². The first kappa shape index (κ1) is 20.5. The van der Waals surface area contributed by atoms with E-state index in [-0.39, 0.29) is 0 Å². The van der Waals surface area contributed by atoms with E-state index in [9.17, 15) is 0 Å². The topological polar surface area (TPSA) is 65.9 Å². The van der Waals surface area contributed by atoms with Crippen molar-refractivity contribution in [3.63, 3.8) is 0 Å². The van der Waals surface area contributed by atoms with Crippen LogP contribution in [0.15, 0.2) is 35.3 Å². The molecule has 0 atom stereocenters. The maximum atomic E-state index is 5.75. The van der Waals surface area contributed by atoms with Crippen molar-refractivity contribution in [1.29, 1.82) is 0 Å². The number of hydrogen-bond donors (Lipinski definition) is 1. The number of hydrogen-bond acceptors (Lipinski definition) is 6. The minimum Gasteiger partial charge on any atom is -0.375 e. The number of rotatable bonds is 8. The van der Waals surface area contributed by atoms with Gasteiger partial charge in [-0.25, -0.2) is 4.98 Å². The summed E-state index contributed by atoms with van der Waals surface area (Å²) in [6.45, 7) is 10.7. The molecule has 1 aromatic heterocycles. The van der Waals surface area contributed by atoms with E-state index < -0.39 is 0 Å². The van der Waals surface area contributed by atoms with Gasteiger partial charge in [-0.05, 0) is 12.5 Å². The Bertz CT molecular complexity index is 727. The molecule has 2 heterocycles. The van der Waals surface area contributed by atoms with E-state index in [1.165, 1.54) is 17.1 Å². The lowest BCUT2D eigenvalue weighted by Crippen LogP contribution is -2.52. The molecule has 0 unspecified atom stereocenters. The van der Waals surface area contributed by atoms with E-state index in [1.807, 2.05) is 18.2 Å². The van der Waals surface area contributed by atoms with Gasteiger partial charge in [0.2, 0.25) is 5.13 Å². The molecule has 0 spiro atoms. The maximum Gasteiger partial charge on any atom is 0.205 e. The normalized spacial score (nSPS) is 15.1. The number of nitrogens with zero attached hydrogens (tertiary/aromatic N) is 5. The zero-order chi connectivity index (χ0) is 19.6. The molecule has 3 rings (SSSR count). The molecule has 1 fully saturated rings. The van der Waals surface area contributed by atoms with Crippen LogP contribution in [-0.2, 0) is 17.8 Å². The number of benzene rings is 1. The van der Waals surface area contributed by atoms with Crippen LogP contribution in [0.3, 0.4) is 0 Å². The third-order valence-corrected chi connectivity index (χ3v) is 5.38. The fourth-order valence-corrected chi connectivity index (χ4v) is 3.83. The van der Waals surface area contributed by atoms with Gasteiger partial charge in [0.05, 0.1) is 19.8 Å². The van der Waals surface area contributed by atoms with E-state index in [0.717, 1.165) is 56.1 Å². The molecule has 0 amide bonds. The Kier molecular flexibility index (Phi) is 8.05. The van der Waals surface area contributed by atoms with Crippen LogP contribution in [0.4, 0.5) is 5.13 Å². The number of anilines is 1. The van der Waals surface area contributed by atoms with Crippen LogP contribution in [0.1, 0.15) is 25.2 Å². The zero-order valence-electron chi connectivity index (χ0n) is 16.8. The number of aliphatic imine (C=N–C) groups is 1. The monoisotopic (exact) mass is 402 g/mol. The third-order valence-electron chi connectivity index (χ3n) is 4.57. The van der Waals surface area contributed by atoms with Crippen molar-refractivity contribution in [2.24, 2.45) is 4.99 Å². The highest BCUT2D eigenvalue weighted by atomic mass is 32.1. The first-order valence-corrected chi connectivity index (χ1v) is 10.8. The molecule has 0 saturated carbocycles. The van der Waals surface area contributed by atoms with Gasteiger partial charge in [-0.15, -0.1) is 0 Å². The van der Waals surface area contributed by atoms with Crippen LogP contribution in [-0.4, -0.2) is 66.1 Å². The Morgan fingerprint density at radius 1 is 1.18 bits per heavy atom. The predicted octanol–water partition coefficient (Wildman–Crippen LogP) is 2.40. The summed E-state index contributed by atoms with van der Waals surface area (Å²) in [4.78, 5) is 14.0. The lowest BCUT2D eigenvalue weighted by atomic mass is 10.2. The van der Waals surface area contributed by atoms with Crippen LogP contribution in [0.5, 0.6) is 0 Å². The summed E-state index contributed by atoms with van der Waals surface area (Å²) in [6, 6.07) is 10.2. The lowest BCUT2D eigenvalue weighted by Gasteiger charge is -2.36. The summed E-state index contributed by atoms with van der Waals surface area (Å²) in [5.74, 6) is 1.91. The SMILES string of the molecule is CCNC(=NCCOCc1ccccc1)N1CCN(c2nc(CC)ns2)CC1. The van der Waals surface area contributed by atoms with Crippen LogP contribution in [0.25, 0.3) is 0 Å². The van der Waals surface area contributed by atoms with Crippen molar-refractivity contribution in [2.45, 2.75) is 26.9 Å². The summed E-state index contributed by atoms with van der Waals surface area (Å²) in [5, 5.41) is 4.44. The summed E-state index contributed by atoms with van der Waals surface area (Å²) in [5.41, 5.74) is 1.19. The minimum absolute atomic E-state index is 0.619. The van der Waals surface area contributed by atoms with Crippen LogP contribution >= 0.6 is 11.5 Å². The Morgan fingerprint density at radius 2 is 1.96 bits per heavy atom. The van der Waals surface area contributed by atoms with E-state index in [4.69, 9.17) is 9.73 Å². The average Bonchev–Trinajstić information content (AvgIpc) is 3.23. The molecule has 28 heavy (non-hydrogen) atoms. The fraction of sp³-hybridized carbons (Fsp3) is 0.550. The second-order valence-electron chi connectivity index (χ2n) is 6.59. The van der Waals surface area contributed by atoms with E-state index >= 15 is 0 Å². The van der Waals surface area contributed by atoms with Gasteiger partial charge in [0.25, 0.3) is 0 Å². The Labute approximate surface area is 171 Å². The molecule has 0 aliphatic carbocycles. The number of aryl methyl sites for hydroxylation is 1. The lowest BCUT2D eigenvalue weighted by molar-refractivity contribution is 0.128. The number of piperazine rings is 1. The van der Waals surface area contributed by atoms with Crippen LogP contribution in [0.2, 0.25) is 0 Å². The predicted molar refractivity (Wildman–Crippen MR) is 115 cm³/mol. The summed E-state index contributed by atoms with van der Waals surface area (Å²) in [6.07, 6.45) is 0.889. The van der Waals surface area contributed by atoms with Gasteiger partial charge in [0.1, 0.15) is 5.82 Å². The Morgan fingerprint density at radius 3 is 2.64 bits per heavy atom. The fourth-order valence-electron chi connectivity index (χ4n) is 3.03. The molecule has 1 aliphatic heterocycles. The number of ether oxygens (including phenoxy) is 1. The number of nitrogens with one attached hydrogen (secondary N) is 1. The van der Waals surface area contributed by atoms with Crippen molar-refractivity contribution in [2.75, 3.05) is 50.8 Å². The largest absolute Gasteiger partial charge is 0.375 e. The standard InChI is InChI=1S/C20H30N6OS/c1-3-18-23-20(28-24-18)26-13-11-25(12-14-26)19(21-4-2)22-10-15-27-16-17-8-6-5-7-9-17/h5-9H,3-4,10-16H2,1-2H3,(H,21,22). The Balaban J connectivity index is 1.45. The van der Waals surface area contributed by atoms with Crippen molar-refractivity contribution >= 4 is 22.6 Å². The quantitative estimate of drug-likeness (QED) is 0.416. The van der Waals surface area contributed by atoms with Gasteiger partial charge >= 0.3 is 0 Å². The van der Waals surface area contributed by atoms with Crippen molar-refractivity contribution < 1.29 is 4.74 Å². The van der Waals surface area contributed by atoms with Crippen molar-refractivity contribution in [1.82, 2.24) is 19.6 Å². The molecular weight excluding hydrogens is 372 g/mol. The van der Waals surface area contributed by atoms with Gasteiger partial charge in [0.15, 0.2) is 5.96 Å². The molecule has 1 aliphatic rings. The maximum absolute atomic E-state index is 5.75. The molecule has 7 nitrogen and oxygen atoms in total. The highest BCUT2D eigenvalue weighted by Crippen LogP contribution is 2.19. The molecule has 1 saturated heterocycles. The summed E-state index contributed by atoms with van der Waals surface area (Å²) < 4.78 is 10.1. The molecule has 1 N–H and O–H groups in total. The number of aromatic nitrogens is 2. The zero-order valence-corrected chi connectivity index (χ0v) is 17.6. The van der Waals surface area contributed by atoms with Gasteiger partial charge in [-0.2, -0.15) is 4.37 Å². The molecule has 2 aromatic rings. The molecule has 1 aromatic carbocycles. The van der Waals surface area contributed by atoms with E-state index in [0.29, 0.717) is 19.8 Å². The van der Waals surface area contributed by atoms with Crippen molar-refractivity contribution in [3.8, 4) is 0 Å². The molecule has 152 valence electrons. The van der Waals surface area contributed by atoms with Gasteiger partial charge < -0.3 is 19.9 Å². The highest BCUT2D eigenvalue weighted by Gasteiger charge is 2.21. The number of guanidine groups is 1. The van der Waals surface area contributed by atoms with Gasteiger partial charge in [-0.3, -0.25) is 4.99 Å². The average molecular weight is 403 g/mol. The highest BCUT2D eigenvalue weighted by molar-refractivity contribution is 7.09. The minimum atomic E-state index is 0.619. The smallest absolute Gasteiger partial charge is 0.205 e. The van der Waals surface area contributed by atoms with Crippen molar-refractivity contribution in [3.05, 3.63) is 41.7 Å². The van der Waals surface area contributed by atoms with Gasteiger partial charge in [0, 0.05) is 50.7 Å². The second-order valence-corrected chi connectivity index (χ2v) is 7.32. The molecule has 0 radical (unpaired) electrons. The summed E-state index contributed by atoms with van der Waals surface area (Å²) >= 11 is 1.50. The first-order valence-electron chi connectivity index (χ1n) is 10.0. The molecule has 0 bridgehead atoms. The third kappa shape index (κ3) is 5.90.